The van der Waals surface area contributed by atoms with Crippen molar-refractivity contribution in [3.8, 4) is 11.4 Å². The monoisotopic (exact) mass is 1160 g/mol. The zero-order chi connectivity index (χ0) is 60.2. The summed E-state index contributed by atoms with van der Waals surface area (Å²) in [5.41, 5.74) is 2.09. The molecule has 448 valence electrons. The zero-order valence-corrected chi connectivity index (χ0v) is 47.0. The lowest BCUT2D eigenvalue weighted by atomic mass is 9.81. The molecule has 84 heavy (non-hydrogen) atoms. The number of likely N-dealkylation sites (tertiary alicyclic amines) is 1. The molecule has 0 radical (unpaired) electrons. The zero-order valence-electron chi connectivity index (χ0n) is 47.0. The number of hydrogen-bond donors (Lipinski definition) is 8. The molecule has 2 aromatic carbocycles. The van der Waals surface area contributed by atoms with Crippen LogP contribution in [0.15, 0.2) is 47.3 Å². The van der Waals surface area contributed by atoms with Gasteiger partial charge < -0.3 is 61.1 Å². The fraction of sp³-hybridized carbons (Fsp3) is 0.483. The lowest BCUT2D eigenvalue weighted by molar-refractivity contribution is -0.172. The number of aryl methyl sites for hydroxylation is 1. The molecule has 4 atom stereocenters. The molecule has 25 nitrogen and oxygen atoms in total. The number of amides is 9. The van der Waals surface area contributed by atoms with Crippen LogP contribution in [0.25, 0.3) is 22.3 Å². The Morgan fingerprint density at radius 1 is 0.810 bits per heavy atom. The van der Waals surface area contributed by atoms with Gasteiger partial charge >= 0.3 is 5.97 Å². The molecule has 3 aliphatic heterocycles. The highest BCUT2D eigenvalue weighted by atomic mass is 19.1. The first kappa shape index (κ1) is 61.6. The van der Waals surface area contributed by atoms with Crippen molar-refractivity contribution in [1.29, 1.82) is 0 Å². The van der Waals surface area contributed by atoms with E-state index in [4.69, 9.17) is 19.2 Å². The number of aromatic nitrogens is 2. The first-order valence-electron chi connectivity index (χ1n) is 28.1. The minimum absolute atomic E-state index is 0.00268. The van der Waals surface area contributed by atoms with Crippen LogP contribution in [-0.4, -0.2) is 150 Å². The number of hydrogen-bond acceptors (Lipinski definition) is 16. The van der Waals surface area contributed by atoms with Crippen LogP contribution in [0.5, 0.6) is 0 Å². The normalized spacial score (nSPS) is 17.8. The number of ether oxygens (including phenoxy) is 3. The predicted octanol–water partition coefficient (Wildman–Crippen LogP) is -0.0723. The van der Waals surface area contributed by atoms with Gasteiger partial charge in [-0.3, -0.25) is 52.8 Å². The van der Waals surface area contributed by atoms with E-state index in [9.17, 15) is 57.8 Å². The summed E-state index contributed by atoms with van der Waals surface area (Å²) in [6.45, 7) is 4.16. The predicted molar refractivity (Wildman–Crippen MR) is 296 cm³/mol. The molecule has 1 saturated heterocycles. The highest BCUT2D eigenvalue weighted by Gasteiger charge is 2.46. The molecule has 26 heteroatoms. The topological polar surface area (TPSA) is 341 Å². The van der Waals surface area contributed by atoms with Gasteiger partial charge in [-0.25, -0.2) is 14.2 Å². The van der Waals surface area contributed by atoms with Gasteiger partial charge in [0.15, 0.2) is 5.60 Å². The number of pyridine rings is 2. The molecule has 4 aromatic rings. The second-order valence-corrected chi connectivity index (χ2v) is 21.1. The summed E-state index contributed by atoms with van der Waals surface area (Å²) in [4.78, 5) is 146. The molecule has 0 bridgehead atoms. The van der Waals surface area contributed by atoms with Crippen LogP contribution in [-0.2, 0) is 93.8 Å². The van der Waals surface area contributed by atoms with Crippen molar-refractivity contribution in [2.45, 2.75) is 109 Å². The third-order valence-corrected chi connectivity index (χ3v) is 15.3. The summed E-state index contributed by atoms with van der Waals surface area (Å²) in [5, 5.41) is 30.5. The summed E-state index contributed by atoms with van der Waals surface area (Å²) in [6, 6.07) is 9.99. The number of aliphatic hydroxyl groups is 1. The number of halogens is 1. The number of imide groups is 1. The minimum Gasteiger partial charge on any atom is -0.458 e. The van der Waals surface area contributed by atoms with E-state index in [1.165, 1.54) is 10.6 Å². The number of carbonyl (C=O) groups excluding carboxylic acids is 10. The summed E-state index contributed by atoms with van der Waals surface area (Å²) in [5.74, 6) is -6.03. The smallest absolute Gasteiger partial charge is 0.343 e. The van der Waals surface area contributed by atoms with Gasteiger partial charge in [0.2, 0.25) is 53.2 Å². The third-order valence-electron chi connectivity index (χ3n) is 15.3. The first-order valence-corrected chi connectivity index (χ1v) is 28.1. The fourth-order valence-electron chi connectivity index (χ4n) is 10.7. The lowest BCUT2D eigenvalue weighted by Crippen LogP contribution is -2.52. The van der Waals surface area contributed by atoms with Crippen LogP contribution in [0.1, 0.15) is 104 Å². The van der Waals surface area contributed by atoms with Crippen molar-refractivity contribution in [1.82, 2.24) is 51.7 Å². The molecular weight excluding hydrogens is 1100 g/mol. The van der Waals surface area contributed by atoms with Crippen LogP contribution in [0.2, 0.25) is 0 Å². The van der Waals surface area contributed by atoms with Crippen LogP contribution in [0, 0.1) is 18.7 Å². The molecule has 1 fully saturated rings. The van der Waals surface area contributed by atoms with E-state index in [1.54, 1.807) is 57.2 Å². The molecule has 0 saturated carbocycles. The van der Waals surface area contributed by atoms with Crippen LogP contribution in [0.4, 0.5) is 4.39 Å². The minimum atomic E-state index is -2.05. The highest BCUT2D eigenvalue weighted by Crippen LogP contribution is 2.46. The number of fused-ring (bicyclic) bond motifs is 5. The molecule has 1 unspecified atom stereocenters. The molecule has 8 N–H and O–H groups in total. The number of rotatable bonds is 28. The first-order chi connectivity index (χ1) is 40.3. The van der Waals surface area contributed by atoms with Gasteiger partial charge in [-0.15, -0.1) is 0 Å². The number of benzene rings is 2. The average Bonchev–Trinajstić information content (AvgIpc) is 1.73. The summed E-state index contributed by atoms with van der Waals surface area (Å²) < 4.78 is 32.9. The van der Waals surface area contributed by atoms with Gasteiger partial charge in [0.05, 0.1) is 81.1 Å². The molecule has 5 heterocycles. The van der Waals surface area contributed by atoms with Gasteiger partial charge in [0.1, 0.15) is 18.5 Å². The van der Waals surface area contributed by atoms with Gasteiger partial charge in [0, 0.05) is 80.2 Å². The largest absolute Gasteiger partial charge is 0.458 e. The van der Waals surface area contributed by atoms with Crippen molar-refractivity contribution < 1.29 is 71.7 Å². The van der Waals surface area contributed by atoms with Crippen molar-refractivity contribution in [2.75, 3.05) is 65.7 Å². The van der Waals surface area contributed by atoms with E-state index in [-0.39, 0.29) is 145 Å². The number of esters is 1. The van der Waals surface area contributed by atoms with Crippen LogP contribution < -0.4 is 42.8 Å². The maximum atomic E-state index is 15.4. The maximum absolute atomic E-state index is 15.4. The van der Waals surface area contributed by atoms with Gasteiger partial charge in [-0.1, -0.05) is 44.2 Å². The van der Waals surface area contributed by atoms with Gasteiger partial charge in [-0.2, -0.15) is 0 Å². The van der Waals surface area contributed by atoms with E-state index in [0.29, 0.717) is 57.4 Å². The SMILES string of the molecule is CC[C@@]1(O)C(=O)OCc2c1cc1n(c2=O)Cc2c-1nc1cc(F)c(C)c3c1c2[C@@H](NC(=O)CCCNC(=O)CNC(=O)[C@H](Cc1ccccc1)NC(=O)CNC(=O)CNC(=O)CCOCCOCCNC(=O)CCN1C(=O)CC(C)C1=O)CC3. The van der Waals surface area contributed by atoms with Crippen molar-refractivity contribution in [3.05, 3.63) is 97.6 Å². The molecule has 2 aromatic heterocycles. The van der Waals surface area contributed by atoms with E-state index < -0.39 is 84.2 Å². The quantitative estimate of drug-likeness (QED) is 0.0185. The van der Waals surface area contributed by atoms with Crippen LogP contribution >= 0.6 is 0 Å². The Labute approximate surface area is 481 Å². The lowest BCUT2D eigenvalue weighted by Gasteiger charge is -2.31. The Bertz CT molecular complexity index is 3320. The van der Waals surface area contributed by atoms with Crippen molar-refractivity contribution in [3.63, 3.8) is 0 Å². The number of carbonyl (C=O) groups is 10. The Morgan fingerprint density at radius 2 is 1.50 bits per heavy atom. The Morgan fingerprint density at radius 3 is 2.24 bits per heavy atom. The summed E-state index contributed by atoms with van der Waals surface area (Å²) in [7, 11) is 0. The standard InChI is InChI=1S/C58H69FN10O15/c1-4-58(81)38-25-43-53-36(30-69(43)56(79)37(38)31-84-57(58)80)52-40(13-12-35-33(3)39(59)26-41(67-53)51(35)52)65-46(72)11-8-16-60-47(73)28-64-54(77)42(24-34-9-6-5-7-10-34)66-49(75)29-63-48(74)27-62-45(71)15-19-82-21-22-83-20-17-61-44(70)14-18-68-50(76)23-32(2)55(68)78/h5-7,9-10,25-26,32,40,42,81H,4,8,11-24,27-31H2,1-3H3,(H,60,73)(H,61,70)(H,62,71)(H,63,74)(H,64,77)(H,65,72)(H,66,75)/t32?,40-,42-,58-/m0/s1. The summed E-state index contributed by atoms with van der Waals surface area (Å²) in [6.07, 6.45) is 1.14. The Kier molecular flexibility index (Phi) is 20.3. The maximum Gasteiger partial charge on any atom is 0.343 e. The Hall–Kier alpha value is -8.49. The number of nitrogens with zero attached hydrogens (tertiary/aromatic N) is 3. The molecular formula is C58H69FN10O15. The molecule has 1 aliphatic carbocycles. The second kappa shape index (κ2) is 27.7. The van der Waals surface area contributed by atoms with Crippen LogP contribution in [0.3, 0.4) is 0 Å². The van der Waals surface area contributed by atoms with E-state index in [1.807, 2.05) is 0 Å². The Balaban J connectivity index is 0.735. The summed E-state index contributed by atoms with van der Waals surface area (Å²) >= 11 is 0. The number of cyclic esters (lactones) is 1. The van der Waals surface area contributed by atoms with Gasteiger partial charge in [0.25, 0.3) is 5.56 Å². The third kappa shape index (κ3) is 14.5. The second-order valence-electron chi connectivity index (χ2n) is 21.1. The fourth-order valence-corrected chi connectivity index (χ4v) is 10.7. The number of nitrogens with one attached hydrogen (secondary N) is 7. The molecule has 4 aliphatic rings. The van der Waals surface area contributed by atoms with Gasteiger partial charge in [-0.05, 0) is 60.9 Å². The van der Waals surface area contributed by atoms with Crippen molar-refractivity contribution in [2.24, 2.45) is 5.92 Å². The average molecular weight is 1170 g/mol. The van der Waals surface area contributed by atoms with E-state index in [0.717, 1.165) is 10.5 Å². The van der Waals surface area contributed by atoms with Crippen molar-refractivity contribution >= 4 is 70.0 Å². The highest BCUT2D eigenvalue weighted by molar-refractivity contribution is 6.03. The molecule has 8 rings (SSSR count). The van der Waals surface area contributed by atoms with E-state index in [2.05, 4.69) is 37.2 Å². The van der Waals surface area contributed by atoms with E-state index >= 15 is 4.39 Å². The molecule has 9 amide bonds. The molecule has 0 spiro atoms.